The summed E-state index contributed by atoms with van der Waals surface area (Å²) < 4.78 is 62.6. The first kappa shape index (κ1) is 20.4. The number of nitrogens with zero attached hydrogens (tertiary/aromatic N) is 5. The van der Waals surface area contributed by atoms with E-state index in [4.69, 9.17) is 10.5 Å². The van der Waals surface area contributed by atoms with E-state index >= 15 is 0 Å². The zero-order valence-corrected chi connectivity index (χ0v) is 15.8. The lowest BCUT2D eigenvalue weighted by Crippen LogP contribution is -2.37. The number of nitrogen functional groups attached to an aromatic ring is 1. The van der Waals surface area contributed by atoms with Crippen LogP contribution < -0.4 is 20.3 Å². The van der Waals surface area contributed by atoms with Crippen molar-refractivity contribution in [2.75, 3.05) is 54.9 Å². The normalized spacial score (nSPS) is 22.0. The molecule has 30 heavy (non-hydrogen) atoms. The van der Waals surface area contributed by atoms with Gasteiger partial charge in [0.05, 0.1) is 32.0 Å². The number of aromatic nitrogens is 3. The van der Waals surface area contributed by atoms with Gasteiger partial charge in [-0.15, -0.1) is 0 Å². The summed E-state index contributed by atoms with van der Waals surface area (Å²) >= 11 is 0. The van der Waals surface area contributed by atoms with E-state index in [1.54, 1.807) is 6.07 Å². The standard InChI is InChI=1S/C18H20F4N6O2/c19-11-8-28(9-12(11)20)18-25-13(6-15(26-18)27-1-3-29-4-2-27)10-5-14(30-17(21)22)16(23)24-7-10/h5-7,11-12,17H,1-4,8-9H2,(H2,23,24). The maximum absolute atomic E-state index is 13.7. The van der Waals surface area contributed by atoms with E-state index in [0.717, 1.165) is 0 Å². The number of pyridine rings is 1. The van der Waals surface area contributed by atoms with Gasteiger partial charge in [-0.1, -0.05) is 0 Å². The second-order valence-electron chi connectivity index (χ2n) is 6.93. The van der Waals surface area contributed by atoms with Crippen molar-refractivity contribution in [2.24, 2.45) is 0 Å². The molecular formula is C18H20F4N6O2. The van der Waals surface area contributed by atoms with Gasteiger partial charge in [0.1, 0.15) is 5.82 Å². The van der Waals surface area contributed by atoms with Gasteiger partial charge < -0.3 is 25.0 Å². The van der Waals surface area contributed by atoms with Crippen LogP contribution in [-0.2, 0) is 4.74 Å². The maximum atomic E-state index is 13.7. The summed E-state index contributed by atoms with van der Waals surface area (Å²) in [5.41, 5.74) is 6.30. The van der Waals surface area contributed by atoms with Crippen molar-refractivity contribution in [1.29, 1.82) is 0 Å². The number of rotatable bonds is 5. The highest BCUT2D eigenvalue weighted by molar-refractivity contribution is 5.68. The molecular weight excluding hydrogens is 408 g/mol. The molecule has 2 aliphatic heterocycles. The lowest BCUT2D eigenvalue weighted by molar-refractivity contribution is -0.0494. The summed E-state index contributed by atoms with van der Waals surface area (Å²) in [5.74, 6) is 0.195. The Bertz CT molecular complexity index is 889. The third kappa shape index (κ3) is 4.32. The highest BCUT2D eigenvalue weighted by atomic mass is 19.3. The molecule has 2 unspecified atom stereocenters. The van der Waals surface area contributed by atoms with Crippen LogP contribution in [0.3, 0.4) is 0 Å². The second-order valence-corrected chi connectivity index (χ2v) is 6.93. The Morgan fingerprint density at radius 3 is 2.43 bits per heavy atom. The molecule has 12 heteroatoms. The van der Waals surface area contributed by atoms with Gasteiger partial charge in [0.25, 0.3) is 0 Å². The molecule has 0 aromatic carbocycles. The molecule has 2 fully saturated rings. The van der Waals surface area contributed by atoms with Crippen molar-refractivity contribution < 1.29 is 27.0 Å². The van der Waals surface area contributed by atoms with Gasteiger partial charge in [0.2, 0.25) is 5.95 Å². The molecule has 162 valence electrons. The molecule has 2 aliphatic rings. The Morgan fingerprint density at radius 2 is 1.77 bits per heavy atom. The van der Waals surface area contributed by atoms with Crippen LogP contribution in [0.25, 0.3) is 11.3 Å². The monoisotopic (exact) mass is 428 g/mol. The van der Waals surface area contributed by atoms with Gasteiger partial charge in [-0.05, 0) is 6.07 Å². The molecule has 4 rings (SSSR count). The first-order valence-electron chi connectivity index (χ1n) is 9.36. The number of anilines is 3. The number of morpholine rings is 1. The molecule has 0 radical (unpaired) electrons. The van der Waals surface area contributed by atoms with E-state index in [-0.39, 0.29) is 30.6 Å². The van der Waals surface area contributed by atoms with Crippen LogP contribution in [0.15, 0.2) is 18.3 Å². The minimum absolute atomic E-state index is 0.143. The first-order valence-corrected chi connectivity index (χ1v) is 9.36. The van der Waals surface area contributed by atoms with Crippen molar-refractivity contribution in [3.63, 3.8) is 0 Å². The summed E-state index contributed by atoms with van der Waals surface area (Å²) in [6.07, 6.45) is -1.90. The van der Waals surface area contributed by atoms with Crippen LogP contribution in [0, 0.1) is 0 Å². The van der Waals surface area contributed by atoms with Crippen molar-refractivity contribution in [3.8, 4) is 17.0 Å². The minimum Gasteiger partial charge on any atom is -0.431 e. The average Bonchev–Trinajstić information content (AvgIpc) is 3.08. The molecule has 2 atom stereocenters. The molecule has 4 heterocycles. The van der Waals surface area contributed by atoms with Crippen molar-refractivity contribution in [1.82, 2.24) is 15.0 Å². The van der Waals surface area contributed by atoms with E-state index in [1.165, 1.54) is 17.2 Å². The molecule has 2 saturated heterocycles. The van der Waals surface area contributed by atoms with Gasteiger partial charge in [-0.3, -0.25) is 0 Å². The van der Waals surface area contributed by atoms with E-state index in [9.17, 15) is 17.6 Å². The van der Waals surface area contributed by atoms with E-state index in [2.05, 4.69) is 19.7 Å². The number of halogens is 4. The molecule has 0 amide bonds. The molecule has 0 spiro atoms. The number of hydrogen-bond donors (Lipinski definition) is 1. The first-order chi connectivity index (χ1) is 14.4. The molecule has 2 aromatic heterocycles. The molecule has 8 nitrogen and oxygen atoms in total. The minimum atomic E-state index is -3.07. The van der Waals surface area contributed by atoms with Gasteiger partial charge in [0.15, 0.2) is 23.9 Å². The van der Waals surface area contributed by atoms with Crippen molar-refractivity contribution in [3.05, 3.63) is 18.3 Å². The van der Waals surface area contributed by atoms with Crippen LogP contribution in [0.5, 0.6) is 5.75 Å². The van der Waals surface area contributed by atoms with Gasteiger partial charge in [-0.25, -0.2) is 18.7 Å². The van der Waals surface area contributed by atoms with Gasteiger partial charge in [-0.2, -0.15) is 13.8 Å². The fourth-order valence-corrected chi connectivity index (χ4v) is 3.34. The summed E-state index contributed by atoms with van der Waals surface area (Å²) in [4.78, 5) is 16.1. The van der Waals surface area contributed by atoms with E-state index in [1.807, 2.05) is 4.90 Å². The zero-order valence-electron chi connectivity index (χ0n) is 15.8. The predicted octanol–water partition coefficient (Wildman–Crippen LogP) is 2.05. The van der Waals surface area contributed by atoms with E-state index < -0.39 is 19.0 Å². The quantitative estimate of drug-likeness (QED) is 0.724. The molecule has 0 bridgehead atoms. The topological polar surface area (TPSA) is 89.6 Å². The summed E-state index contributed by atoms with van der Waals surface area (Å²) in [7, 11) is 0. The lowest BCUT2D eigenvalue weighted by Gasteiger charge is -2.29. The highest BCUT2D eigenvalue weighted by Gasteiger charge is 2.34. The number of alkyl halides is 4. The second kappa shape index (κ2) is 8.46. The van der Waals surface area contributed by atoms with E-state index in [0.29, 0.717) is 43.4 Å². The Morgan fingerprint density at radius 1 is 1.07 bits per heavy atom. The number of ether oxygens (including phenoxy) is 2. The Kier molecular flexibility index (Phi) is 5.75. The largest absolute Gasteiger partial charge is 0.431 e. The molecule has 0 aliphatic carbocycles. The predicted molar refractivity (Wildman–Crippen MR) is 101 cm³/mol. The Labute approximate surface area is 169 Å². The fourth-order valence-electron chi connectivity index (χ4n) is 3.34. The fraction of sp³-hybridized carbons (Fsp3) is 0.500. The Balaban J connectivity index is 1.74. The van der Waals surface area contributed by atoms with Crippen LogP contribution in [0.4, 0.5) is 35.1 Å². The van der Waals surface area contributed by atoms with Crippen molar-refractivity contribution in [2.45, 2.75) is 19.0 Å². The van der Waals surface area contributed by atoms with Crippen LogP contribution in [0.1, 0.15) is 0 Å². The smallest absolute Gasteiger partial charge is 0.387 e. The van der Waals surface area contributed by atoms with Crippen LogP contribution in [0.2, 0.25) is 0 Å². The van der Waals surface area contributed by atoms with Crippen LogP contribution in [-0.4, -0.2) is 73.3 Å². The molecule has 0 saturated carbocycles. The molecule has 2 N–H and O–H groups in total. The lowest BCUT2D eigenvalue weighted by atomic mass is 10.2. The zero-order chi connectivity index (χ0) is 21.3. The summed E-state index contributed by atoms with van der Waals surface area (Å²) in [6.45, 7) is -1.25. The van der Waals surface area contributed by atoms with Gasteiger partial charge >= 0.3 is 6.61 Å². The molecule has 2 aromatic rings. The Hall–Kier alpha value is -2.89. The number of hydrogen-bond acceptors (Lipinski definition) is 8. The van der Waals surface area contributed by atoms with Crippen LogP contribution >= 0.6 is 0 Å². The highest BCUT2D eigenvalue weighted by Crippen LogP contribution is 2.31. The third-order valence-electron chi connectivity index (χ3n) is 4.89. The third-order valence-corrected chi connectivity index (χ3v) is 4.89. The SMILES string of the molecule is Nc1ncc(-c2cc(N3CCOCC3)nc(N3CC(F)C(F)C3)n2)cc1OC(F)F. The maximum Gasteiger partial charge on any atom is 0.387 e. The summed E-state index contributed by atoms with van der Waals surface area (Å²) in [5, 5.41) is 0. The number of nitrogens with two attached hydrogens (primary N) is 1. The van der Waals surface area contributed by atoms with Crippen molar-refractivity contribution >= 4 is 17.6 Å². The average molecular weight is 428 g/mol. The summed E-state index contributed by atoms with van der Waals surface area (Å²) in [6, 6.07) is 2.95. The van der Waals surface area contributed by atoms with Gasteiger partial charge in [0, 0.05) is 30.9 Å².